The van der Waals surface area contributed by atoms with Crippen molar-refractivity contribution in [2.75, 3.05) is 19.0 Å². The number of urea groups is 1. The number of thiazole rings is 1. The van der Waals surface area contributed by atoms with Gasteiger partial charge in [-0.2, -0.15) is 0 Å². The van der Waals surface area contributed by atoms with Gasteiger partial charge in [-0.25, -0.2) is 9.78 Å². The summed E-state index contributed by atoms with van der Waals surface area (Å²) in [6.07, 6.45) is -0.0166. The van der Waals surface area contributed by atoms with Crippen molar-refractivity contribution in [3.05, 3.63) is 46.5 Å². The second-order valence-corrected chi connectivity index (χ2v) is 6.63. The van der Waals surface area contributed by atoms with E-state index in [0.717, 1.165) is 22.0 Å². The zero-order valence-electron chi connectivity index (χ0n) is 13.1. The van der Waals surface area contributed by atoms with Crippen molar-refractivity contribution in [3.8, 4) is 0 Å². The van der Waals surface area contributed by atoms with Crippen LogP contribution in [0.2, 0.25) is 0 Å². The molecule has 6 nitrogen and oxygen atoms in total. The highest BCUT2D eigenvalue weighted by molar-refractivity contribution is 7.13. The number of aromatic nitrogens is 1. The van der Waals surface area contributed by atoms with E-state index in [2.05, 4.69) is 15.6 Å². The summed E-state index contributed by atoms with van der Waals surface area (Å²) in [5, 5.41) is 18.6. The largest absolute Gasteiger partial charge is 0.390 e. The maximum Gasteiger partial charge on any atom is 0.315 e. The van der Waals surface area contributed by atoms with Gasteiger partial charge in [0.25, 0.3) is 0 Å². The number of amides is 2. The molecule has 0 aliphatic heterocycles. The molecule has 2 aromatic rings. The number of aliphatic hydroxyl groups excluding tert-OH is 1. The summed E-state index contributed by atoms with van der Waals surface area (Å²) in [6, 6.07) is 7.13. The summed E-state index contributed by atoms with van der Waals surface area (Å²) in [5.41, 5.74) is 2.89. The van der Waals surface area contributed by atoms with Crippen LogP contribution in [0.25, 0.3) is 0 Å². The molecule has 1 aromatic carbocycles. The molecule has 3 rings (SSSR count). The van der Waals surface area contributed by atoms with Crippen molar-refractivity contribution in [1.82, 2.24) is 15.6 Å². The van der Waals surface area contributed by atoms with E-state index in [4.69, 9.17) is 0 Å². The number of nitrogens with zero attached hydrogens (tertiary/aromatic N) is 2. The van der Waals surface area contributed by atoms with Crippen LogP contribution in [0.5, 0.6) is 0 Å². The molecule has 1 aliphatic carbocycles. The van der Waals surface area contributed by atoms with E-state index in [1.54, 1.807) is 0 Å². The Morgan fingerprint density at radius 1 is 1.43 bits per heavy atom. The van der Waals surface area contributed by atoms with Crippen LogP contribution in [0.4, 0.5) is 9.93 Å². The molecule has 0 saturated carbocycles. The maximum atomic E-state index is 12.1. The highest BCUT2D eigenvalue weighted by Crippen LogP contribution is 2.31. The number of hydrogen-bond donors (Lipinski definition) is 3. The first-order valence-corrected chi connectivity index (χ1v) is 8.34. The number of hydrogen-bond acceptors (Lipinski definition) is 5. The second kappa shape index (κ2) is 6.55. The Hall–Kier alpha value is -2.12. The quantitative estimate of drug-likeness (QED) is 0.796. The van der Waals surface area contributed by atoms with Crippen LogP contribution in [-0.2, 0) is 13.0 Å². The summed E-state index contributed by atoms with van der Waals surface area (Å²) in [6.45, 7) is 0.362. The van der Waals surface area contributed by atoms with Gasteiger partial charge in [0.05, 0.1) is 24.4 Å². The molecule has 0 saturated heterocycles. The molecule has 7 heteroatoms. The van der Waals surface area contributed by atoms with E-state index in [1.165, 1.54) is 11.3 Å². The SMILES string of the molecule is CN(C)c1nc(CNC(=O)NC2c3ccccc3CC2O)cs1. The maximum absolute atomic E-state index is 12.1. The standard InChI is InChI=1S/C16H20N4O2S/c1-20(2)16-18-11(9-23-16)8-17-15(22)19-14-12-6-4-3-5-10(12)7-13(14)21/h3-6,9,13-14,21H,7-8H2,1-2H3,(H2,17,19,22). The minimum Gasteiger partial charge on any atom is -0.390 e. The van der Waals surface area contributed by atoms with Gasteiger partial charge in [0.15, 0.2) is 5.13 Å². The van der Waals surface area contributed by atoms with Crippen molar-refractivity contribution in [2.45, 2.75) is 25.1 Å². The molecule has 2 unspecified atom stereocenters. The molecule has 1 heterocycles. The Morgan fingerprint density at radius 3 is 2.96 bits per heavy atom. The number of benzene rings is 1. The Labute approximate surface area is 139 Å². The van der Waals surface area contributed by atoms with E-state index >= 15 is 0 Å². The Bertz CT molecular complexity index is 701. The summed E-state index contributed by atoms with van der Waals surface area (Å²) in [5.74, 6) is 0. The lowest BCUT2D eigenvalue weighted by molar-refractivity contribution is 0.142. The molecule has 3 N–H and O–H groups in total. The smallest absolute Gasteiger partial charge is 0.315 e. The highest BCUT2D eigenvalue weighted by Gasteiger charge is 2.31. The van der Waals surface area contributed by atoms with Crippen LogP contribution in [0.3, 0.4) is 0 Å². The molecule has 0 spiro atoms. The van der Waals surface area contributed by atoms with Gasteiger partial charge in [0, 0.05) is 25.9 Å². The predicted octanol–water partition coefficient (Wildman–Crippen LogP) is 1.67. The molecule has 0 bridgehead atoms. The average molecular weight is 332 g/mol. The van der Waals surface area contributed by atoms with Crippen molar-refractivity contribution in [1.29, 1.82) is 0 Å². The minimum atomic E-state index is -0.585. The Kier molecular flexibility index (Phi) is 4.49. The number of nitrogens with one attached hydrogen (secondary N) is 2. The van der Waals surface area contributed by atoms with Gasteiger partial charge in [0.1, 0.15) is 0 Å². The zero-order chi connectivity index (χ0) is 16.4. The number of aliphatic hydroxyl groups is 1. The minimum absolute atomic E-state index is 0.301. The van der Waals surface area contributed by atoms with E-state index in [0.29, 0.717) is 13.0 Å². The van der Waals surface area contributed by atoms with Gasteiger partial charge in [-0.05, 0) is 11.1 Å². The lowest BCUT2D eigenvalue weighted by atomic mass is 10.1. The van der Waals surface area contributed by atoms with Crippen molar-refractivity contribution < 1.29 is 9.90 Å². The molecular weight excluding hydrogens is 312 g/mol. The highest BCUT2D eigenvalue weighted by atomic mass is 32.1. The van der Waals surface area contributed by atoms with Crippen molar-refractivity contribution in [2.24, 2.45) is 0 Å². The summed E-state index contributed by atoms with van der Waals surface area (Å²) >= 11 is 1.54. The van der Waals surface area contributed by atoms with Gasteiger partial charge < -0.3 is 20.6 Å². The molecule has 2 atom stereocenters. The molecule has 122 valence electrons. The van der Waals surface area contributed by atoms with Crippen LogP contribution in [0.1, 0.15) is 22.9 Å². The summed E-state index contributed by atoms with van der Waals surface area (Å²) in [4.78, 5) is 18.4. The first kappa shape index (κ1) is 15.8. The third kappa shape index (κ3) is 3.46. The van der Waals surface area contributed by atoms with Crippen LogP contribution in [-0.4, -0.2) is 36.3 Å². The summed E-state index contributed by atoms with van der Waals surface area (Å²) in [7, 11) is 3.86. The normalized spacial score (nSPS) is 19.3. The Morgan fingerprint density at radius 2 is 2.22 bits per heavy atom. The van der Waals surface area contributed by atoms with Gasteiger partial charge in [0.2, 0.25) is 0 Å². The fourth-order valence-electron chi connectivity index (χ4n) is 2.69. The van der Waals surface area contributed by atoms with E-state index in [1.807, 2.05) is 48.6 Å². The molecule has 2 amide bonds. The van der Waals surface area contributed by atoms with Crippen LogP contribution in [0, 0.1) is 0 Å². The topological polar surface area (TPSA) is 77.5 Å². The van der Waals surface area contributed by atoms with Crippen LogP contribution in [0.15, 0.2) is 29.6 Å². The molecule has 1 aliphatic rings. The lowest BCUT2D eigenvalue weighted by Gasteiger charge is -2.18. The zero-order valence-corrected chi connectivity index (χ0v) is 13.9. The van der Waals surface area contributed by atoms with Gasteiger partial charge in [-0.15, -0.1) is 11.3 Å². The molecule has 1 aromatic heterocycles. The van der Waals surface area contributed by atoms with Crippen molar-refractivity contribution >= 4 is 22.5 Å². The van der Waals surface area contributed by atoms with E-state index in [9.17, 15) is 9.90 Å². The molecule has 0 radical (unpaired) electrons. The fourth-order valence-corrected chi connectivity index (χ4v) is 3.45. The molecular formula is C16H20N4O2S. The monoisotopic (exact) mass is 332 g/mol. The van der Waals surface area contributed by atoms with Crippen LogP contribution >= 0.6 is 11.3 Å². The van der Waals surface area contributed by atoms with Gasteiger partial charge in [-0.1, -0.05) is 24.3 Å². The lowest BCUT2D eigenvalue weighted by Crippen LogP contribution is -2.40. The van der Waals surface area contributed by atoms with Gasteiger partial charge in [-0.3, -0.25) is 0 Å². The first-order chi connectivity index (χ1) is 11.0. The first-order valence-electron chi connectivity index (χ1n) is 7.46. The van der Waals surface area contributed by atoms with E-state index in [-0.39, 0.29) is 12.1 Å². The number of carbonyl (C=O) groups is 1. The number of rotatable bonds is 4. The average Bonchev–Trinajstić information content (AvgIpc) is 3.11. The van der Waals surface area contributed by atoms with Gasteiger partial charge >= 0.3 is 6.03 Å². The van der Waals surface area contributed by atoms with Crippen molar-refractivity contribution in [3.63, 3.8) is 0 Å². The Balaban J connectivity index is 1.57. The van der Waals surface area contributed by atoms with Crippen LogP contribution < -0.4 is 15.5 Å². The third-order valence-corrected chi connectivity index (χ3v) is 4.90. The predicted molar refractivity (Wildman–Crippen MR) is 90.7 cm³/mol. The third-order valence-electron chi connectivity index (χ3n) is 3.84. The second-order valence-electron chi connectivity index (χ2n) is 5.79. The van der Waals surface area contributed by atoms with E-state index < -0.39 is 6.10 Å². The number of carbonyl (C=O) groups excluding carboxylic acids is 1. The summed E-state index contributed by atoms with van der Waals surface area (Å²) < 4.78 is 0. The fraction of sp³-hybridized carbons (Fsp3) is 0.375. The molecule has 0 fully saturated rings. The molecule has 23 heavy (non-hydrogen) atoms. The number of fused-ring (bicyclic) bond motifs is 1. The number of anilines is 1.